The van der Waals surface area contributed by atoms with Gasteiger partial charge in [-0.15, -0.1) is 0 Å². The highest BCUT2D eigenvalue weighted by atomic mass is 16.3. The molecule has 0 atom stereocenters. The Labute approximate surface area is 61.3 Å². The average molecular weight is 151 g/mol. The molecule has 0 aliphatic rings. The van der Waals surface area contributed by atoms with Crippen molar-refractivity contribution in [2.75, 3.05) is 19.8 Å². The zero-order valence-corrected chi connectivity index (χ0v) is 6.54. The van der Waals surface area contributed by atoms with Gasteiger partial charge in [0.1, 0.15) is 0 Å². The molecule has 0 spiro atoms. The lowest BCUT2D eigenvalue weighted by molar-refractivity contribution is 0.0898. The number of hydrogen-bond acceptors (Lipinski definition) is 4. The monoisotopic (exact) mass is 151 g/mol. The molecule has 0 aromatic rings. The summed E-state index contributed by atoms with van der Waals surface area (Å²) < 4.78 is 0. The lowest BCUT2D eigenvalue weighted by Gasteiger charge is -2.11. The lowest BCUT2D eigenvalue weighted by Crippen LogP contribution is -2.29. The summed E-state index contributed by atoms with van der Waals surface area (Å²) in [5, 5.41) is 24.0. The fourth-order valence-electron chi connectivity index (χ4n) is 0. The van der Waals surface area contributed by atoms with Crippen LogP contribution in [0.5, 0.6) is 0 Å². The van der Waals surface area contributed by atoms with Crippen LogP contribution in [0.4, 0.5) is 0 Å². The predicted octanol–water partition coefficient (Wildman–Crippen LogP) is -1.31. The van der Waals surface area contributed by atoms with E-state index in [0.29, 0.717) is 6.54 Å². The summed E-state index contributed by atoms with van der Waals surface area (Å²) in [4.78, 5) is 0. The number of aliphatic hydroxyl groups is 3. The van der Waals surface area contributed by atoms with Crippen LogP contribution < -0.4 is 5.73 Å². The van der Waals surface area contributed by atoms with Gasteiger partial charge in [-0.2, -0.15) is 0 Å². The highest BCUT2D eigenvalue weighted by Crippen LogP contribution is 1.93. The molecule has 0 saturated heterocycles. The molecule has 0 fully saturated rings. The van der Waals surface area contributed by atoms with E-state index in [-0.39, 0.29) is 13.2 Å². The Hall–Kier alpha value is -0.160. The standard InChI is InChI=1S/C4H11NO.C2H6O2/c1-4(2,6)3-5;3-1-2-4/h6H,3,5H2,1-2H3;3-4H,1-2H2. The molecule has 0 bridgehead atoms. The zero-order valence-electron chi connectivity index (χ0n) is 6.54. The highest BCUT2D eigenvalue weighted by Gasteiger charge is 2.06. The number of nitrogens with two attached hydrogens (primary N) is 1. The van der Waals surface area contributed by atoms with Gasteiger partial charge in [-0.05, 0) is 13.8 Å². The van der Waals surface area contributed by atoms with E-state index in [2.05, 4.69) is 0 Å². The predicted molar refractivity (Wildman–Crippen MR) is 39.5 cm³/mol. The van der Waals surface area contributed by atoms with E-state index in [9.17, 15) is 0 Å². The van der Waals surface area contributed by atoms with Gasteiger partial charge >= 0.3 is 0 Å². The number of rotatable bonds is 2. The van der Waals surface area contributed by atoms with Gasteiger partial charge in [-0.3, -0.25) is 0 Å². The van der Waals surface area contributed by atoms with Crippen LogP contribution in [0.25, 0.3) is 0 Å². The van der Waals surface area contributed by atoms with Crippen molar-refractivity contribution in [1.29, 1.82) is 0 Å². The van der Waals surface area contributed by atoms with Crippen LogP contribution in [0.3, 0.4) is 0 Å². The van der Waals surface area contributed by atoms with Crippen LogP contribution in [-0.4, -0.2) is 40.7 Å². The van der Waals surface area contributed by atoms with Gasteiger partial charge in [0, 0.05) is 6.54 Å². The van der Waals surface area contributed by atoms with E-state index in [1.54, 1.807) is 13.8 Å². The van der Waals surface area contributed by atoms with Gasteiger partial charge < -0.3 is 21.1 Å². The van der Waals surface area contributed by atoms with E-state index in [1.165, 1.54) is 0 Å². The topological polar surface area (TPSA) is 86.7 Å². The Bertz CT molecular complexity index is 58.5. The van der Waals surface area contributed by atoms with Crippen LogP contribution in [0.15, 0.2) is 0 Å². The molecule has 0 saturated carbocycles. The molecule has 4 heteroatoms. The Morgan fingerprint density at radius 2 is 1.40 bits per heavy atom. The third-order valence-corrected chi connectivity index (χ3v) is 0.600. The van der Waals surface area contributed by atoms with Crippen molar-refractivity contribution in [1.82, 2.24) is 0 Å². The molecule has 4 nitrogen and oxygen atoms in total. The minimum atomic E-state index is -0.681. The molecule has 64 valence electrons. The Kier molecular flexibility index (Phi) is 8.70. The van der Waals surface area contributed by atoms with Gasteiger partial charge in [0.25, 0.3) is 0 Å². The molecule has 10 heavy (non-hydrogen) atoms. The first-order chi connectivity index (χ1) is 4.47. The fraction of sp³-hybridized carbons (Fsp3) is 1.00. The minimum Gasteiger partial charge on any atom is -0.394 e. The molecule has 0 aromatic heterocycles. The van der Waals surface area contributed by atoms with Crippen molar-refractivity contribution < 1.29 is 15.3 Å². The van der Waals surface area contributed by atoms with E-state index < -0.39 is 5.60 Å². The molecule has 0 aromatic carbocycles. The van der Waals surface area contributed by atoms with Gasteiger partial charge in [0.15, 0.2) is 0 Å². The summed E-state index contributed by atoms with van der Waals surface area (Å²) in [6.07, 6.45) is 0. The molecule has 0 aliphatic heterocycles. The molecule has 0 amide bonds. The lowest BCUT2D eigenvalue weighted by atomic mass is 10.1. The maximum atomic E-state index is 8.70. The molecule has 0 aliphatic carbocycles. The first kappa shape index (κ1) is 12.5. The van der Waals surface area contributed by atoms with Gasteiger partial charge in [0.05, 0.1) is 18.8 Å². The highest BCUT2D eigenvalue weighted by molar-refractivity contribution is 4.63. The SMILES string of the molecule is CC(C)(O)CN.OCCO. The summed E-state index contributed by atoms with van der Waals surface area (Å²) in [6.45, 7) is 3.42. The van der Waals surface area contributed by atoms with Crippen LogP contribution in [-0.2, 0) is 0 Å². The van der Waals surface area contributed by atoms with Crippen LogP contribution in [0, 0.1) is 0 Å². The van der Waals surface area contributed by atoms with E-state index >= 15 is 0 Å². The van der Waals surface area contributed by atoms with Crippen LogP contribution >= 0.6 is 0 Å². The summed E-state index contributed by atoms with van der Waals surface area (Å²) in [5.41, 5.74) is 4.38. The summed E-state index contributed by atoms with van der Waals surface area (Å²) in [6, 6.07) is 0. The summed E-state index contributed by atoms with van der Waals surface area (Å²) >= 11 is 0. The maximum Gasteiger partial charge on any atom is 0.0713 e. The Balaban J connectivity index is 0. The number of hydrogen-bond donors (Lipinski definition) is 4. The molecular formula is C6H17NO3. The Morgan fingerprint density at radius 1 is 1.20 bits per heavy atom. The van der Waals surface area contributed by atoms with Crippen molar-refractivity contribution in [3.63, 3.8) is 0 Å². The quantitative estimate of drug-likeness (QED) is 0.394. The van der Waals surface area contributed by atoms with E-state index in [0.717, 1.165) is 0 Å². The average Bonchev–Trinajstić information content (AvgIpc) is 1.87. The second-order valence-electron chi connectivity index (χ2n) is 2.46. The van der Waals surface area contributed by atoms with Crippen LogP contribution in [0.2, 0.25) is 0 Å². The first-order valence-electron chi connectivity index (χ1n) is 3.12. The fourth-order valence-corrected chi connectivity index (χ4v) is 0. The Morgan fingerprint density at radius 3 is 1.40 bits per heavy atom. The third kappa shape index (κ3) is 24.9. The van der Waals surface area contributed by atoms with Crippen molar-refractivity contribution >= 4 is 0 Å². The third-order valence-electron chi connectivity index (χ3n) is 0.600. The van der Waals surface area contributed by atoms with Gasteiger partial charge in [0.2, 0.25) is 0 Å². The van der Waals surface area contributed by atoms with Gasteiger partial charge in [-0.25, -0.2) is 0 Å². The van der Waals surface area contributed by atoms with Gasteiger partial charge in [-0.1, -0.05) is 0 Å². The van der Waals surface area contributed by atoms with Crippen molar-refractivity contribution in [3.8, 4) is 0 Å². The van der Waals surface area contributed by atoms with E-state index in [4.69, 9.17) is 21.1 Å². The molecule has 0 rings (SSSR count). The molecule has 0 heterocycles. The van der Waals surface area contributed by atoms with Crippen molar-refractivity contribution in [2.45, 2.75) is 19.4 Å². The smallest absolute Gasteiger partial charge is 0.0713 e. The largest absolute Gasteiger partial charge is 0.394 e. The molecule has 0 unspecified atom stereocenters. The van der Waals surface area contributed by atoms with E-state index in [1.807, 2.05) is 0 Å². The normalized spacial score (nSPS) is 10.2. The first-order valence-corrected chi connectivity index (χ1v) is 3.12. The van der Waals surface area contributed by atoms with Crippen molar-refractivity contribution in [2.24, 2.45) is 5.73 Å². The van der Waals surface area contributed by atoms with Crippen LogP contribution in [0.1, 0.15) is 13.8 Å². The molecular weight excluding hydrogens is 134 g/mol. The number of aliphatic hydroxyl groups excluding tert-OH is 2. The zero-order chi connectivity index (χ0) is 8.62. The summed E-state index contributed by atoms with van der Waals surface area (Å²) in [5.74, 6) is 0. The minimum absolute atomic E-state index is 0.125. The molecule has 5 N–H and O–H groups in total. The molecule has 0 radical (unpaired) electrons. The second kappa shape index (κ2) is 6.95. The second-order valence-corrected chi connectivity index (χ2v) is 2.46. The summed E-state index contributed by atoms with van der Waals surface area (Å²) in [7, 11) is 0. The maximum absolute atomic E-state index is 8.70. The van der Waals surface area contributed by atoms with Crippen molar-refractivity contribution in [3.05, 3.63) is 0 Å².